The molecule has 0 unspecified atom stereocenters. The molecule has 0 amide bonds. The van der Waals surface area contributed by atoms with Crippen molar-refractivity contribution in [1.82, 2.24) is 4.98 Å². The Bertz CT molecular complexity index is 1140. The number of rotatable bonds is 8. The van der Waals surface area contributed by atoms with Crippen LogP contribution in [-0.2, 0) is 13.2 Å². The van der Waals surface area contributed by atoms with Crippen LogP contribution < -0.4 is 21.5 Å². The Morgan fingerprint density at radius 2 is 1.69 bits per heavy atom. The summed E-state index contributed by atoms with van der Waals surface area (Å²) in [5.41, 5.74) is 17.1. The van der Waals surface area contributed by atoms with Gasteiger partial charge in [0.1, 0.15) is 12.4 Å². The number of amidine groups is 2. The molecule has 0 aliphatic carbocycles. The van der Waals surface area contributed by atoms with Crippen LogP contribution in [0.1, 0.15) is 33.5 Å². The lowest BCUT2D eigenvalue weighted by atomic mass is 10.1. The molecule has 32 heavy (non-hydrogen) atoms. The fraction of sp³-hybridized carbons (Fsp3) is 0.174. The van der Waals surface area contributed by atoms with Gasteiger partial charge in [0.15, 0.2) is 11.7 Å². The average molecular weight is 435 g/mol. The first-order valence-electron chi connectivity index (χ1n) is 9.89. The van der Waals surface area contributed by atoms with Gasteiger partial charge in [0.05, 0.1) is 5.69 Å². The second-order valence-electron chi connectivity index (χ2n) is 7.21. The van der Waals surface area contributed by atoms with Crippen LogP contribution in [0.4, 0.5) is 5.69 Å². The summed E-state index contributed by atoms with van der Waals surface area (Å²) in [7, 11) is 0. The molecule has 0 aliphatic rings. The van der Waals surface area contributed by atoms with E-state index in [4.69, 9.17) is 26.6 Å². The molecule has 0 atom stereocenters. The first kappa shape index (κ1) is 22.4. The van der Waals surface area contributed by atoms with Gasteiger partial charge in [-0.15, -0.1) is 0 Å². The largest absolute Gasteiger partial charge is 0.487 e. The highest BCUT2D eigenvalue weighted by Crippen LogP contribution is 2.26. The first-order chi connectivity index (χ1) is 15.4. The topological polar surface area (TPSA) is 151 Å². The summed E-state index contributed by atoms with van der Waals surface area (Å²) in [6.07, 6.45) is 1.83. The van der Waals surface area contributed by atoms with E-state index in [-0.39, 0.29) is 11.7 Å². The summed E-state index contributed by atoms with van der Waals surface area (Å²) in [4.78, 5) is 4.47. The van der Waals surface area contributed by atoms with Gasteiger partial charge in [0.2, 0.25) is 0 Å². The molecule has 9 heteroatoms. The summed E-state index contributed by atoms with van der Waals surface area (Å²) in [6, 6.07) is 14.6. The molecule has 0 saturated heterocycles. The van der Waals surface area contributed by atoms with Crippen LogP contribution in [0, 0.1) is 13.8 Å². The summed E-state index contributed by atoms with van der Waals surface area (Å²) in [5, 5.41) is 27.0. The molecular formula is C23H26N6O3. The molecule has 3 rings (SSSR count). The van der Waals surface area contributed by atoms with E-state index < -0.39 is 0 Å². The molecule has 0 spiro atoms. The SMILES string of the molecule is Cc1ncc(CNc2ccc(/C(N)=N\O)cc2)c(C)c1OCc1cccc(/C(N)=N\O)c1. The van der Waals surface area contributed by atoms with Crippen LogP contribution >= 0.6 is 0 Å². The molecule has 7 N–H and O–H groups in total. The van der Waals surface area contributed by atoms with Crippen molar-refractivity contribution in [3.8, 4) is 5.75 Å². The number of aryl methyl sites for hydroxylation is 1. The smallest absolute Gasteiger partial charge is 0.170 e. The van der Waals surface area contributed by atoms with E-state index in [2.05, 4.69) is 20.6 Å². The number of aromatic nitrogens is 1. The van der Waals surface area contributed by atoms with Gasteiger partial charge in [0, 0.05) is 29.6 Å². The van der Waals surface area contributed by atoms with Gasteiger partial charge in [0.25, 0.3) is 0 Å². The van der Waals surface area contributed by atoms with Crippen molar-refractivity contribution in [1.29, 1.82) is 0 Å². The molecule has 2 aromatic carbocycles. The maximum absolute atomic E-state index is 8.87. The molecule has 0 saturated carbocycles. The highest BCUT2D eigenvalue weighted by molar-refractivity contribution is 5.97. The number of oxime groups is 2. The Hall–Kier alpha value is -4.27. The van der Waals surface area contributed by atoms with Crippen LogP contribution in [0.25, 0.3) is 0 Å². The zero-order valence-corrected chi connectivity index (χ0v) is 17.9. The van der Waals surface area contributed by atoms with Gasteiger partial charge in [-0.2, -0.15) is 0 Å². The number of hydrogen-bond donors (Lipinski definition) is 5. The van der Waals surface area contributed by atoms with Crippen molar-refractivity contribution < 1.29 is 15.2 Å². The molecular weight excluding hydrogens is 408 g/mol. The predicted octanol–water partition coefficient (Wildman–Crippen LogP) is 3.08. The van der Waals surface area contributed by atoms with Crippen molar-refractivity contribution in [3.63, 3.8) is 0 Å². The summed E-state index contributed by atoms with van der Waals surface area (Å²) >= 11 is 0. The van der Waals surface area contributed by atoms with Crippen molar-refractivity contribution in [3.05, 3.63) is 88.2 Å². The standard InChI is InChI=1S/C23H26N6O3/c1-14-19(12-27-20-8-6-17(7-9-20)22(24)28-30)11-26-15(2)21(14)32-13-16-4-3-5-18(10-16)23(25)29-31/h3-11,27,30-31H,12-13H2,1-2H3,(H2,24,28)(H2,25,29). The Balaban J connectivity index is 1.70. The second kappa shape index (κ2) is 10.2. The predicted molar refractivity (Wildman–Crippen MR) is 123 cm³/mol. The van der Waals surface area contributed by atoms with Crippen molar-refractivity contribution >= 4 is 17.4 Å². The van der Waals surface area contributed by atoms with E-state index >= 15 is 0 Å². The zero-order valence-electron chi connectivity index (χ0n) is 17.9. The quantitative estimate of drug-likeness (QED) is 0.158. The van der Waals surface area contributed by atoms with E-state index in [1.165, 1.54) is 0 Å². The summed E-state index contributed by atoms with van der Waals surface area (Å²) < 4.78 is 6.08. The molecule has 0 bridgehead atoms. The zero-order chi connectivity index (χ0) is 23.1. The van der Waals surface area contributed by atoms with E-state index in [1.807, 2.05) is 50.4 Å². The van der Waals surface area contributed by atoms with Gasteiger partial charge in [-0.25, -0.2) is 0 Å². The van der Waals surface area contributed by atoms with Crippen LogP contribution in [0.15, 0.2) is 65.0 Å². The third-order valence-corrected chi connectivity index (χ3v) is 5.05. The van der Waals surface area contributed by atoms with Crippen LogP contribution in [0.5, 0.6) is 5.75 Å². The number of ether oxygens (including phenoxy) is 1. The van der Waals surface area contributed by atoms with Gasteiger partial charge in [-0.1, -0.05) is 28.5 Å². The average Bonchev–Trinajstić information content (AvgIpc) is 2.83. The third-order valence-electron chi connectivity index (χ3n) is 5.05. The van der Waals surface area contributed by atoms with Crippen LogP contribution in [0.3, 0.4) is 0 Å². The van der Waals surface area contributed by atoms with Gasteiger partial charge in [-0.3, -0.25) is 4.98 Å². The molecule has 1 heterocycles. The number of nitrogens with two attached hydrogens (primary N) is 2. The second-order valence-corrected chi connectivity index (χ2v) is 7.21. The molecule has 166 valence electrons. The van der Waals surface area contributed by atoms with Gasteiger partial charge >= 0.3 is 0 Å². The minimum absolute atomic E-state index is 0.0494. The monoisotopic (exact) mass is 434 g/mol. The maximum atomic E-state index is 8.87. The maximum Gasteiger partial charge on any atom is 0.170 e. The number of nitrogens with zero attached hydrogens (tertiary/aromatic N) is 3. The molecule has 0 radical (unpaired) electrons. The first-order valence-corrected chi connectivity index (χ1v) is 9.89. The lowest BCUT2D eigenvalue weighted by molar-refractivity contribution is 0.300. The number of pyridine rings is 1. The van der Waals surface area contributed by atoms with Crippen LogP contribution in [0.2, 0.25) is 0 Å². The Kier molecular flexibility index (Phi) is 7.12. The number of anilines is 1. The highest BCUT2D eigenvalue weighted by Gasteiger charge is 2.11. The van der Waals surface area contributed by atoms with E-state index in [0.717, 1.165) is 33.8 Å². The molecule has 0 fully saturated rings. The normalized spacial score (nSPS) is 11.9. The minimum atomic E-state index is 0.0494. The minimum Gasteiger partial charge on any atom is -0.487 e. The Morgan fingerprint density at radius 3 is 2.38 bits per heavy atom. The summed E-state index contributed by atoms with van der Waals surface area (Å²) in [6.45, 7) is 4.77. The Labute approximate surface area is 186 Å². The molecule has 1 aromatic heterocycles. The molecule has 3 aromatic rings. The van der Waals surface area contributed by atoms with E-state index in [9.17, 15) is 0 Å². The number of benzene rings is 2. The van der Waals surface area contributed by atoms with Crippen molar-refractivity contribution in [2.24, 2.45) is 21.8 Å². The third kappa shape index (κ3) is 5.25. The Morgan fingerprint density at radius 1 is 1.00 bits per heavy atom. The molecule has 9 nitrogen and oxygen atoms in total. The van der Waals surface area contributed by atoms with Crippen LogP contribution in [-0.4, -0.2) is 27.1 Å². The van der Waals surface area contributed by atoms with Gasteiger partial charge in [-0.05, 0) is 60.9 Å². The molecule has 0 aliphatic heterocycles. The van der Waals surface area contributed by atoms with Crippen molar-refractivity contribution in [2.45, 2.75) is 27.0 Å². The van der Waals surface area contributed by atoms with E-state index in [1.54, 1.807) is 18.2 Å². The lowest BCUT2D eigenvalue weighted by Crippen LogP contribution is -2.13. The van der Waals surface area contributed by atoms with Crippen molar-refractivity contribution in [2.75, 3.05) is 5.32 Å². The fourth-order valence-electron chi connectivity index (χ4n) is 3.19. The summed E-state index contributed by atoms with van der Waals surface area (Å²) in [5.74, 6) is 0.836. The lowest BCUT2D eigenvalue weighted by Gasteiger charge is -2.16. The number of nitrogens with one attached hydrogen (secondary N) is 1. The number of hydrogen-bond acceptors (Lipinski definition) is 7. The highest BCUT2D eigenvalue weighted by atomic mass is 16.5. The van der Waals surface area contributed by atoms with Gasteiger partial charge < -0.3 is 31.9 Å². The van der Waals surface area contributed by atoms with E-state index in [0.29, 0.717) is 24.3 Å². The fourth-order valence-corrected chi connectivity index (χ4v) is 3.19.